The quantitative estimate of drug-likeness (QED) is 0.757. The molecule has 0 bridgehead atoms. The summed E-state index contributed by atoms with van der Waals surface area (Å²) in [6.45, 7) is 1.98. The van der Waals surface area contributed by atoms with Crippen LogP contribution in [0.5, 0.6) is 0 Å². The van der Waals surface area contributed by atoms with Crippen LogP contribution in [0.25, 0.3) is 0 Å². The maximum absolute atomic E-state index is 11.0. The first kappa shape index (κ1) is 16.1. The van der Waals surface area contributed by atoms with E-state index in [1.165, 1.54) is 6.42 Å². The van der Waals surface area contributed by atoms with Crippen molar-refractivity contribution in [3.63, 3.8) is 0 Å². The number of nitrogens with one attached hydrogen (secondary N) is 1. The summed E-state index contributed by atoms with van der Waals surface area (Å²) < 4.78 is 0. The fraction of sp³-hybridized carbons (Fsp3) is 0.688. The second-order valence-corrected chi connectivity index (χ2v) is 6.54. The minimum atomic E-state index is -0.566. The highest BCUT2D eigenvalue weighted by molar-refractivity contribution is 5.90. The second-order valence-electron chi connectivity index (χ2n) is 6.54. The van der Waals surface area contributed by atoms with Crippen LogP contribution < -0.4 is 11.1 Å². The molecule has 2 unspecified atom stereocenters. The van der Waals surface area contributed by atoms with Crippen molar-refractivity contribution in [2.24, 2.45) is 5.73 Å². The number of piperidine rings is 1. The molecule has 7 heteroatoms. The number of likely N-dealkylation sites (tertiary alicyclic amines) is 1. The average Bonchev–Trinajstić information content (AvgIpc) is 2.57. The first-order valence-corrected chi connectivity index (χ1v) is 8.45. The van der Waals surface area contributed by atoms with Gasteiger partial charge in [-0.3, -0.25) is 9.69 Å². The lowest BCUT2D eigenvalue weighted by atomic mass is 9.89. The number of anilines is 1. The van der Waals surface area contributed by atoms with E-state index in [1.54, 1.807) is 12.1 Å². The van der Waals surface area contributed by atoms with Gasteiger partial charge in [0.15, 0.2) is 5.69 Å². The first-order valence-electron chi connectivity index (χ1n) is 8.45. The molecular weight excluding hydrogens is 294 g/mol. The first-order chi connectivity index (χ1) is 11.1. The van der Waals surface area contributed by atoms with Gasteiger partial charge in [0, 0.05) is 25.2 Å². The van der Waals surface area contributed by atoms with Gasteiger partial charge in [0.05, 0.1) is 6.10 Å². The van der Waals surface area contributed by atoms with Crippen LogP contribution in [0.2, 0.25) is 0 Å². The van der Waals surface area contributed by atoms with Crippen LogP contribution in [-0.4, -0.2) is 57.4 Å². The highest BCUT2D eigenvalue weighted by Crippen LogP contribution is 2.26. The van der Waals surface area contributed by atoms with Crippen molar-refractivity contribution >= 4 is 11.7 Å². The molecule has 1 saturated heterocycles. The third kappa shape index (κ3) is 3.97. The molecule has 1 aromatic rings. The van der Waals surface area contributed by atoms with Crippen molar-refractivity contribution in [2.75, 3.05) is 18.4 Å². The number of amides is 1. The van der Waals surface area contributed by atoms with Gasteiger partial charge in [-0.1, -0.05) is 12.8 Å². The number of hydrogen-bond donors (Lipinski definition) is 3. The molecule has 2 fully saturated rings. The summed E-state index contributed by atoms with van der Waals surface area (Å²) in [5.41, 5.74) is 5.34. The Morgan fingerprint density at radius 3 is 2.52 bits per heavy atom. The summed E-state index contributed by atoms with van der Waals surface area (Å²) in [5, 5.41) is 21.4. The van der Waals surface area contributed by atoms with E-state index in [2.05, 4.69) is 20.4 Å². The standard InChI is InChI=1S/C16H25N5O2/c17-16(23)12-5-6-15(20-19-12)18-11-7-9-21(10-8-11)13-3-1-2-4-14(13)22/h5-6,11,13-14,22H,1-4,7-10H2,(H2,17,23)(H,18,20). The Hall–Kier alpha value is -1.73. The zero-order valence-corrected chi connectivity index (χ0v) is 13.3. The van der Waals surface area contributed by atoms with Crippen LogP contribution in [-0.2, 0) is 0 Å². The predicted molar refractivity (Wildman–Crippen MR) is 87.0 cm³/mol. The fourth-order valence-corrected chi connectivity index (χ4v) is 3.64. The number of aliphatic hydroxyl groups is 1. The van der Waals surface area contributed by atoms with Crippen molar-refractivity contribution in [3.05, 3.63) is 17.8 Å². The highest BCUT2D eigenvalue weighted by Gasteiger charge is 2.31. The van der Waals surface area contributed by atoms with E-state index in [0.29, 0.717) is 17.9 Å². The highest BCUT2D eigenvalue weighted by atomic mass is 16.3. The van der Waals surface area contributed by atoms with E-state index < -0.39 is 5.91 Å². The molecule has 126 valence electrons. The van der Waals surface area contributed by atoms with Gasteiger partial charge in [0.2, 0.25) is 0 Å². The molecule has 1 amide bonds. The molecule has 1 aliphatic carbocycles. The maximum atomic E-state index is 11.0. The van der Waals surface area contributed by atoms with E-state index in [4.69, 9.17) is 5.73 Å². The SMILES string of the molecule is NC(=O)c1ccc(NC2CCN(C3CCCCC3O)CC2)nn1. The van der Waals surface area contributed by atoms with Gasteiger partial charge in [0.25, 0.3) is 5.91 Å². The summed E-state index contributed by atoms with van der Waals surface area (Å²) in [7, 11) is 0. The molecule has 1 saturated carbocycles. The number of hydrogen-bond acceptors (Lipinski definition) is 6. The molecule has 0 radical (unpaired) electrons. The van der Waals surface area contributed by atoms with Crippen molar-refractivity contribution in [1.82, 2.24) is 15.1 Å². The number of carbonyl (C=O) groups is 1. The Bertz CT molecular complexity index is 528. The Morgan fingerprint density at radius 1 is 1.17 bits per heavy atom. The largest absolute Gasteiger partial charge is 0.391 e. The number of nitrogens with two attached hydrogens (primary N) is 1. The second kappa shape index (κ2) is 7.23. The Morgan fingerprint density at radius 2 is 1.91 bits per heavy atom. The van der Waals surface area contributed by atoms with Gasteiger partial charge in [-0.25, -0.2) is 0 Å². The Balaban J connectivity index is 1.50. The summed E-state index contributed by atoms with van der Waals surface area (Å²) in [4.78, 5) is 13.4. The number of aliphatic hydroxyl groups excluding tert-OH is 1. The molecule has 3 rings (SSSR count). The third-order valence-corrected chi connectivity index (χ3v) is 4.96. The van der Waals surface area contributed by atoms with E-state index in [1.807, 2.05) is 0 Å². The van der Waals surface area contributed by atoms with E-state index >= 15 is 0 Å². The van der Waals surface area contributed by atoms with Gasteiger partial charge in [-0.05, 0) is 37.8 Å². The summed E-state index contributed by atoms with van der Waals surface area (Å²) in [6, 6.07) is 4.01. The van der Waals surface area contributed by atoms with E-state index in [9.17, 15) is 9.90 Å². The number of nitrogens with zero attached hydrogens (tertiary/aromatic N) is 3. The minimum absolute atomic E-state index is 0.166. The molecule has 23 heavy (non-hydrogen) atoms. The van der Waals surface area contributed by atoms with Crippen molar-refractivity contribution < 1.29 is 9.90 Å². The van der Waals surface area contributed by atoms with Crippen molar-refractivity contribution in [1.29, 1.82) is 0 Å². The summed E-state index contributed by atoms with van der Waals surface area (Å²) in [5.74, 6) is 0.106. The lowest BCUT2D eigenvalue weighted by Crippen LogP contribution is -2.50. The van der Waals surface area contributed by atoms with Crippen LogP contribution in [0, 0.1) is 0 Å². The Kier molecular flexibility index (Phi) is 5.07. The minimum Gasteiger partial charge on any atom is -0.391 e. The Labute approximate surface area is 136 Å². The molecular formula is C16H25N5O2. The zero-order chi connectivity index (χ0) is 16.2. The van der Waals surface area contributed by atoms with E-state index in [0.717, 1.165) is 45.2 Å². The van der Waals surface area contributed by atoms with Crippen LogP contribution in [0.15, 0.2) is 12.1 Å². The molecule has 2 heterocycles. The molecule has 0 aromatic carbocycles. The lowest BCUT2D eigenvalue weighted by Gasteiger charge is -2.41. The van der Waals surface area contributed by atoms with Gasteiger partial charge in [0.1, 0.15) is 5.82 Å². The lowest BCUT2D eigenvalue weighted by molar-refractivity contribution is 0.00992. The zero-order valence-electron chi connectivity index (χ0n) is 13.3. The molecule has 7 nitrogen and oxygen atoms in total. The van der Waals surface area contributed by atoms with Crippen LogP contribution in [0.4, 0.5) is 5.82 Å². The third-order valence-electron chi connectivity index (χ3n) is 4.96. The molecule has 0 spiro atoms. The van der Waals surface area contributed by atoms with E-state index in [-0.39, 0.29) is 11.8 Å². The van der Waals surface area contributed by atoms with Crippen LogP contribution in [0.1, 0.15) is 49.0 Å². The number of rotatable bonds is 4. The molecule has 4 N–H and O–H groups in total. The van der Waals surface area contributed by atoms with Gasteiger partial charge in [-0.2, -0.15) is 0 Å². The smallest absolute Gasteiger partial charge is 0.269 e. The molecule has 1 aliphatic heterocycles. The topological polar surface area (TPSA) is 104 Å². The van der Waals surface area contributed by atoms with Crippen LogP contribution >= 0.6 is 0 Å². The molecule has 2 aliphatic rings. The van der Waals surface area contributed by atoms with Crippen molar-refractivity contribution in [3.8, 4) is 0 Å². The summed E-state index contributed by atoms with van der Waals surface area (Å²) >= 11 is 0. The predicted octanol–water partition coefficient (Wildman–Crippen LogP) is 0.755. The summed E-state index contributed by atoms with van der Waals surface area (Å²) in [6.07, 6.45) is 6.28. The van der Waals surface area contributed by atoms with Gasteiger partial charge >= 0.3 is 0 Å². The normalized spacial score (nSPS) is 26.8. The monoisotopic (exact) mass is 319 g/mol. The maximum Gasteiger partial charge on any atom is 0.269 e. The van der Waals surface area contributed by atoms with Gasteiger partial charge in [-0.15, -0.1) is 10.2 Å². The number of aromatic nitrogens is 2. The molecule has 1 aromatic heterocycles. The van der Waals surface area contributed by atoms with Gasteiger partial charge < -0.3 is 16.2 Å². The average molecular weight is 319 g/mol. The fourth-order valence-electron chi connectivity index (χ4n) is 3.64. The van der Waals surface area contributed by atoms with Crippen molar-refractivity contribution in [2.45, 2.75) is 56.7 Å². The van der Waals surface area contributed by atoms with Crippen LogP contribution in [0.3, 0.4) is 0 Å². The number of carbonyl (C=O) groups excluding carboxylic acids is 1. The molecule has 2 atom stereocenters. The number of primary amides is 1.